The van der Waals surface area contributed by atoms with Crippen LogP contribution in [0.3, 0.4) is 0 Å². The van der Waals surface area contributed by atoms with Gasteiger partial charge in [-0.25, -0.2) is 9.97 Å². The summed E-state index contributed by atoms with van der Waals surface area (Å²) < 4.78 is 0. The highest BCUT2D eigenvalue weighted by molar-refractivity contribution is 5.01. The molecule has 1 aromatic heterocycles. The zero-order valence-electron chi connectivity index (χ0n) is 8.75. The summed E-state index contributed by atoms with van der Waals surface area (Å²) in [6.07, 6.45) is 5.44. The van der Waals surface area contributed by atoms with Crippen molar-refractivity contribution in [2.24, 2.45) is 5.92 Å². The van der Waals surface area contributed by atoms with E-state index < -0.39 is 0 Å². The average Bonchev–Trinajstić information content (AvgIpc) is 2.03. The second-order valence-corrected chi connectivity index (χ2v) is 3.88. The van der Waals surface area contributed by atoms with Gasteiger partial charge >= 0.3 is 0 Å². The van der Waals surface area contributed by atoms with Crippen molar-refractivity contribution in [3.8, 4) is 0 Å². The lowest BCUT2D eigenvalue weighted by atomic mass is 10.1. The van der Waals surface area contributed by atoms with Gasteiger partial charge in [0.1, 0.15) is 5.82 Å². The molecule has 0 spiro atoms. The predicted octanol–water partition coefficient (Wildman–Crippen LogP) is 2.76. The van der Waals surface area contributed by atoms with E-state index in [2.05, 4.69) is 23.8 Å². The zero-order chi connectivity index (χ0) is 9.68. The number of rotatable bonds is 4. The molecule has 0 amide bonds. The van der Waals surface area contributed by atoms with Crippen molar-refractivity contribution in [3.05, 3.63) is 23.8 Å². The van der Waals surface area contributed by atoms with Gasteiger partial charge in [-0.05, 0) is 31.7 Å². The molecule has 0 saturated carbocycles. The topological polar surface area (TPSA) is 25.8 Å². The van der Waals surface area contributed by atoms with Crippen LogP contribution in [0.1, 0.15) is 38.2 Å². The summed E-state index contributed by atoms with van der Waals surface area (Å²) in [7, 11) is 0. The van der Waals surface area contributed by atoms with Crippen molar-refractivity contribution in [2.75, 3.05) is 0 Å². The summed E-state index contributed by atoms with van der Waals surface area (Å²) in [6.45, 7) is 6.45. The third-order valence-corrected chi connectivity index (χ3v) is 2.05. The minimum absolute atomic E-state index is 0.794. The Kier molecular flexibility index (Phi) is 3.87. The lowest BCUT2D eigenvalue weighted by Crippen LogP contribution is -1.96. The quantitative estimate of drug-likeness (QED) is 0.708. The van der Waals surface area contributed by atoms with E-state index in [1.807, 2.05) is 19.2 Å². The Hall–Kier alpha value is -0.920. The van der Waals surface area contributed by atoms with Gasteiger partial charge in [0.25, 0.3) is 0 Å². The van der Waals surface area contributed by atoms with Crippen LogP contribution in [0.25, 0.3) is 0 Å². The number of hydrogen-bond donors (Lipinski definition) is 0. The van der Waals surface area contributed by atoms with Gasteiger partial charge in [-0.15, -0.1) is 0 Å². The highest BCUT2D eigenvalue weighted by Gasteiger charge is 1.97. The smallest absolute Gasteiger partial charge is 0.125 e. The van der Waals surface area contributed by atoms with Gasteiger partial charge in [0.05, 0.1) is 0 Å². The normalized spacial score (nSPS) is 10.8. The van der Waals surface area contributed by atoms with Crippen molar-refractivity contribution in [1.82, 2.24) is 9.97 Å². The highest BCUT2D eigenvalue weighted by Crippen LogP contribution is 2.07. The SMILES string of the molecule is Cc1nccc(CCCC(C)C)n1. The third-order valence-electron chi connectivity index (χ3n) is 2.05. The van der Waals surface area contributed by atoms with E-state index in [1.165, 1.54) is 18.5 Å². The fourth-order valence-electron chi connectivity index (χ4n) is 1.34. The maximum absolute atomic E-state index is 4.36. The van der Waals surface area contributed by atoms with E-state index in [0.29, 0.717) is 0 Å². The maximum atomic E-state index is 4.36. The Balaban J connectivity index is 2.37. The Morgan fingerprint density at radius 3 is 2.77 bits per heavy atom. The second-order valence-electron chi connectivity index (χ2n) is 3.88. The van der Waals surface area contributed by atoms with E-state index in [9.17, 15) is 0 Å². The first-order valence-corrected chi connectivity index (χ1v) is 4.97. The lowest BCUT2D eigenvalue weighted by molar-refractivity contribution is 0.552. The summed E-state index contributed by atoms with van der Waals surface area (Å²) in [5.41, 5.74) is 1.17. The van der Waals surface area contributed by atoms with Crippen LogP contribution in [0.5, 0.6) is 0 Å². The molecule has 0 fully saturated rings. The molecule has 0 unspecified atom stereocenters. The van der Waals surface area contributed by atoms with Crippen LogP contribution in [0.15, 0.2) is 12.3 Å². The molecule has 1 aromatic rings. The summed E-state index contributed by atoms with van der Waals surface area (Å²) in [5.74, 6) is 1.67. The van der Waals surface area contributed by atoms with E-state index in [4.69, 9.17) is 0 Å². The minimum atomic E-state index is 0.794. The molecule has 0 radical (unpaired) electrons. The molecule has 2 nitrogen and oxygen atoms in total. The van der Waals surface area contributed by atoms with Crippen LogP contribution in [0, 0.1) is 12.8 Å². The lowest BCUT2D eigenvalue weighted by Gasteiger charge is -2.03. The molecular formula is C11H18N2. The number of hydrogen-bond acceptors (Lipinski definition) is 2. The van der Waals surface area contributed by atoms with Crippen molar-refractivity contribution >= 4 is 0 Å². The van der Waals surface area contributed by atoms with Crippen LogP contribution < -0.4 is 0 Å². The molecule has 0 aliphatic heterocycles. The molecule has 72 valence electrons. The van der Waals surface area contributed by atoms with E-state index in [-0.39, 0.29) is 0 Å². The monoisotopic (exact) mass is 178 g/mol. The molecule has 0 aromatic carbocycles. The van der Waals surface area contributed by atoms with Gasteiger partial charge in [0, 0.05) is 11.9 Å². The molecule has 0 atom stereocenters. The van der Waals surface area contributed by atoms with Crippen LogP contribution in [0.4, 0.5) is 0 Å². The van der Waals surface area contributed by atoms with Crippen LogP contribution in [-0.2, 0) is 6.42 Å². The summed E-state index contributed by atoms with van der Waals surface area (Å²) in [6, 6.07) is 2.01. The van der Waals surface area contributed by atoms with Gasteiger partial charge in [-0.1, -0.05) is 20.3 Å². The maximum Gasteiger partial charge on any atom is 0.125 e. The zero-order valence-corrected chi connectivity index (χ0v) is 8.75. The fraction of sp³-hybridized carbons (Fsp3) is 0.636. The van der Waals surface area contributed by atoms with Crippen molar-refractivity contribution in [1.29, 1.82) is 0 Å². The van der Waals surface area contributed by atoms with E-state index >= 15 is 0 Å². The molecule has 0 bridgehead atoms. The fourth-order valence-corrected chi connectivity index (χ4v) is 1.34. The van der Waals surface area contributed by atoms with Gasteiger partial charge < -0.3 is 0 Å². The number of aryl methyl sites for hydroxylation is 2. The Bertz CT molecular complexity index is 256. The van der Waals surface area contributed by atoms with Crippen molar-refractivity contribution < 1.29 is 0 Å². The van der Waals surface area contributed by atoms with Gasteiger partial charge in [0.15, 0.2) is 0 Å². The van der Waals surface area contributed by atoms with Crippen LogP contribution in [0.2, 0.25) is 0 Å². The summed E-state index contributed by atoms with van der Waals surface area (Å²) >= 11 is 0. The average molecular weight is 178 g/mol. The number of nitrogens with zero attached hydrogens (tertiary/aromatic N) is 2. The highest BCUT2D eigenvalue weighted by atomic mass is 14.9. The summed E-state index contributed by atoms with van der Waals surface area (Å²) in [5, 5.41) is 0. The predicted molar refractivity (Wildman–Crippen MR) is 54.5 cm³/mol. The molecule has 0 aliphatic carbocycles. The third kappa shape index (κ3) is 4.02. The largest absolute Gasteiger partial charge is 0.242 e. The van der Waals surface area contributed by atoms with Crippen molar-refractivity contribution in [3.63, 3.8) is 0 Å². The molecule has 13 heavy (non-hydrogen) atoms. The standard InChI is InChI=1S/C11H18N2/c1-9(2)5-4-6-11-7-8-12-10(3)13-11/h7-9H,4-6H2,1-3H3. The van der Waals surface area contributed by atoms with Gasteiger partial charge in [-0.3, -0.25) is 0 Å². The minimum Gasteiger partial charge on any atom is -0.242 e. The molecule has 2 heteroatoms. The Morgan fingerprint density at radius 2 is 2.15 bits per heavy atom. The van der Waals surface area contributed by atoms with Crippen LogP contribution >= 0.6 is 0 Å². The van der Waals surface area contributed by atoms with Gasteiger partial charge in [0.2, 0.25) is 0 Å². The first-order chi connectivity index (χ1) is 6.18. The van der Waals surface area contributed by atoms with Crippen LogP contribution in [-0.4, -0.2) is 9.97 Å². The molecule has 0 saturated heterocycles. The van der Waals surface area contributed by atoms with Crippen molar-refractivity contribution in [2.45, 2.75) is 40.0 Å². The Labute approximate surface area is 80.4 Å². The molecular weight excluding hydrogens is 160 g/mol. The first-order valence-electron chi connectivity index (χ1n) is 4.97. The van der Waals surface area contributed by atoms with E-state index in [1.54, 1.807) is 0 Å². The molecule has 0 N–H and O–H groups in total. The Morgan fingerprint density at radius 1 is 1.38 bits per heavy atom. The summed E-state index contributed by atoms with van der Waals surface area (Å²) in [4.78, 5) is 8.43. The number of aromatic nitrogens is 2. The first kappa shape index (κ1) is 10.2. The molecule has 1 rings (SSSR count). The second kappa shape index (κ2) is 4.95. The molecule has 0 aliphatic rings. The van der Waals surface area contributed by atoms with E-state index in [0.717, 1.165) is 18.2 Å². The molecule has 1 heterocycles. The van der Waals surface area contributed by atoms with Gasteiger partial charge in [-0.2, -0.15) is 0 Å².